The number of nitrogen functional groups attached to an aromatic ring is 3. The summed E-state index contributed by atoms with van der Waals surface area (Å²) < 4.78 is 42.9. The Bertz CT molecular complexity index is 5700. The monoisotopic (exact) mass is 1640 g/mol. The molecule has 6 N–H and O–H groups in total. The standard InChI is InChI=1S/C32H36N6O2.C31H36N6O3.C30H30ClFN6O2/c1-22-29(23-12-16-27(17-13-23)40-26-9-4-3-5-10-26)30-31(33)34-21-35-32(30)38(22)25-8-6-19-37(20-25)28(39)11-7-18-36(2)24-14-15-24;1-22-28(23-11-13-26(14-12-23)40-25-8-5-4-6-9-25)29-30(32)33-21-34-31(29)37(22)24-15-17-36(20-24)27(38)10-7-16-35(2)18-19-39-3;1-36(21-9-10-21)14-3-6-25(39)37-15-13-22(17-37)38-28(31)26(27-29(33)34-18-35-30(27)38)19-7-11-23(12-8-19)40-24-5-2-4-20(32)16-24/h3-5,7,9-13,16-17,21,24-25H,6,8,14-15,18-20H2,1-2H3,(H2,33,34,35);4-14,21,24H,15-20H2,1-3H3,(H2,32,33,34);2-8,11-12,16,18,21-22H,9-10,13-15,17H2,1H3,(H2,33,34,35)/b11-7+;10-7+;6-3+/t25-;24-;22-/m111/s1. The average molecular weight is 1640 g/mol. The molecule has 620 valence electrons. The van der Waals surface area contributed by atoms with Crippen molar-refractivity contribution in [3.8, 4) is 67.9 Å². The topological polar surface area (TPSA) is 278 Å². The molecule has 0 unspecified atom stereocenters. The van der Waals surface area contributed by atoms with Gasteiger partial charge in [-0.2, -0.15) is 0 Å². The largest absolute Gasteiger partial charge is 0.457 e. The highest BCUT2D eigenvalue weighted by Gasteiger charge is 2.36. The number of benzene rings is 6. The van der Waals surface area contributed by atoms with Gasteiger partial charge in [-0.1, -0.05) is 109 Å². The van der Waals surface area contributed by atoms with Crippen molar-refractivity contribution >= 4 is 79.9 Å². The number of piperidine rings is 1. The first-order chi connectivity index (χ1) is 58.3. The van der Waals surface area contributed by atoms with E-state index in [2.05, 4.69) is 93.8 Å². The third-order valence-corrected chi connectivity index (χ3v) is 23.4. The molecule has 9 heterocycles. The van der Waals surface area contributed by atoms with E-state index in [9.17, 15) is 18.8 Å². The van der Waals surface area contributed by atoms with E-state index in [4.69, 9.17) is 47.7 Å². The van der Waals surface area contributed by atoms with E-state index in [0.29, 0.717) is 103 Å². The number of hydrogen-bond donors (Lipinski definition) is 3. The Hall–Kier alpha value is -12.3. The first kappa shape index (κ1) is 82.8. The highest BCUT2D eigenvalue weighted by atomic mass is 35.5. The molecule has 3 saturated heterocycles. The molecule has 0 radical (unpaired) electrons. The summed E-state index contributed by atoms with van der Waals surface area (Å²) in [5.74, 6) is 5.02. The van der Waals surface area contributed by atoms with Gasteiger partial charge in [0.05, 0.1) is 40.9 Å². The summed E-state index contributed by atoms with van der Waals surface area (Å²) in [7, 11) is 7.91. The number of halogens is 2. The molecule has 3 amide bonds. The van der Waals surface area contributed by atoms with Gasteiger partial charge >= 0.3 is 0 Å². The molecular formula is C93H102ClFN18O7. The average Bonchev–Trinajstić information content (AvgIpc) is 1.60. The predicted octanol–water partition coefficient (Wildman–Crippen LogP) is 16.0. The maximum atomic E-state index is 13.5. The molecule has 2 saturated carbocycles. The van der Waals surface area contributed by atoms with Gasteiger partial charge in [0.25, 0.3) is 0 Å². The van der Waals surface area contributed by atoms with Crippen LogP contribution in [0.3, 0.4) is 0 Å². The number of nitrogens with two attached hydrogens (primary N) is 3. The molecule has 3 aliphatic heterocycles. The minimum atomic E-state index is -0.367. The van der Waals surface area contributed by atoms with Crippen molar-refractivity contribution < 1.29 is 37.7 Å². The van der Waals surface area contributed by atoms with Crippen LogP contribution >= 0.6 is 11.6 Å². The van der Waals surface area contributed by atoms with E-state index in [1.165, 1.54) is 56.8 Å². The smallest absolute Gasteiger partial charge is 0.246 e. The lowest BCUT2D eigenvalue weighted by molar-refractivity contribution is -0.127. The number of para-hydroxylation sites is 2. The summed E-state index contributed by atoms with van der Waals surface area (Å²) in [4.78, 5) is 78.1. The molecule has 25 nitrogen and oxygen atoms in total. The van der Waals surface area contributed by atoms with Crippen molar-refractivity contribution in [3.63, 3.8) is 0 Å². The maximum absolute atomic E-state index is 13.5. The Morgan fingerprint density at radius 2 is 0.833 bits per heavy atom. The summed E-state index contributed by atoms with van der Waals surface area (Å²) in [6.45, 7) is 11.8. The van der Waals surface area contributed by atoms with Gasteiger partial charge in [0, 0.05) is 137 Å². The van der Waals surface area contributed by atoms with Crippen LogP contribution in [-0.2, 0) is 19.1 Å². The highest BCUT2D eigenvalue weighted by Crippen LogP contribution is 2.46. The number of likely N-dealkylation sites (tertiary alicyclic amines) is 3. The molecule has 27 heteroatoms. The van der Waals surface area contributed by atoms with Gasteiger partial charge in [-0.3, -0.25) is 24.2 Å². The van der Waals surface area contributed by atoms with E-state index in [-0.39, 0.29) is 41.7 Å². The van der Waals surface area contributed by atoms with Crippen molar-refractivity contribution in [1.29, 1.82) is 0 Å². The molecule has 3 atom stereocenters. The second-order valence-electron chi connectivity index (χ2n) is 31.4. The van der Waals surface area contributed by atoms with Crippen LogP contribution in [0.1, 0.15) is 80.9 Å². The van der Waals surface area contributed by atoms with Gasteiger partial charge in [-0.15, -0.1) is 0 Å². The summed E-state index contributed by atoms with van der Waals surface area (Å²) >= 11 is 7.05. The highest BCUT2D eigenvalue weighted by molar-refractivity contribution is 6.35. The first-order valence-corrected chi connectivity index (χ1v) is 41.4. The van der Waals surface area contributed by atoms with Gasteiger partial charge in [0.1, 0.15) is 98.8 Å². The van der Waals surface area contributed by atoms with Gasteiger partial charge in [-0.25, -0.2) is 34.3 Å². The number of nitrogens with zero attached hydrogens (tertiary/aromatic N) is 15. The summed E-state index contributed by atoms with van der Waals surface area (Å²) in [5, 5.41) is 2.84. The second-order valence-corrected chi connectivity index (χ2v) is 31.7. The van der Waals surface area contributed by atoms with E-state index < -0.39 is 0 Å². The van der Waals surface area contributed by atoms with Crippen molar-refractivity contribution in [3.05, 3.63) is 236 Å². The molecule has 120 heavy (non-hydrogen) atoms. The number of methoxy groups -OCH3 is 1. The van der Waals surface area contributed by atoms with Gasteiger partial charge in [0.15, 0.2) is 0 Å². The van der Waals surface area contributed by atoms with E-state index in [0.717, 1.165) is 142 Å². The fourth-order valence-electron chi connectivity index (χ4n) is 16.5. The van der Waals surface area contributed by atoms with Crippen LogP contribution in [0.4, 0.5) is 21.8 Å². The van der Waals surface area contributed by atoms with Gasteiger partial charge in [-0.05, 0) is 176 Å². The lowest BCUT2D eigenvalue weighted by atomic mass is 10.0. The predicted molar refractivity (Wildman–Crippen MR) is 470 cm³/mol. The van der Waals surface area contributed by atoms with Crippen molar-refractivity contribution in [1.82, 2.24) is 73.0 Å². The number of fused-ring (bicyclic) bond motifs is 3. The zero-order chi connectivity index (χ0) is 83.5. The van der Waals surface area contributed by atoms with E-state index >= 15 is 0 Å². The van der Waals surface area contributed by atoms with Crippen LogP contribution in [0.5, 0.6) is 34.5 Å². The van der Waals surface area contributed by atoms with Crippen LogP contribution in [0, 0.1) is 19.7 Å². The first-order valence-electron chi connectivity index (χ1n) is 41.0. The van der Waals surface area contributed by atoms with Crippen LogP contribution < -0.4 is 31.4 Å². The minimum Gasteiger partial charge on any atom is -0.457 e. The zero-order valence-electron chi connectivity index (χ0n) is 68.6. The van der Waals surface area contributed by atoms with E-state index in [1.807, 2.05) is 154 Å². The maximum Gasteiger partial charge on any atom is 0.246 e. The number of carbonyl (C=O) groups is 3. The number of ether oxygens (including phenoxy) is 4. The lowest BCUT2D eigenvalue weighted by Gasteiger charge is -2.34. The number of carbonyl (C=O) groups excluding carboxylic acids is 3. The molecule has 2 aliphatic carbocycles. The number of aromatic nitrogens is 9. The Labute approximate surface area is 703 Å². The van der Waals surface area contributed by atoms with Gasteiger partial charge < -0.3 is 69.4 Å². The molecule has 6 aromatic heterocycles. The van der Waals surface area contributed by atoms with Crippen molar-refractivity contribution in [2.45, 2.75) is 95.4 Å². The molecule has 17 rings (SSSR count). The van der Waals surface area contributed by atoms with Gasteiger partial charge in [0.2, 0.25) is 17.7 Å². The Kier molecular flexibility index (Phi) is 26.0. The molecule has 0 bridgehead atoms. The molecule has 5 fully saturated rings. The minimum absolute atomic E-state index is 0.00234. The Morgan fingerprint density at radius 3 is 1.27 bits per heavy atom. The molecule has 5 aliphatic rings. The number of rotatable bonds is 26. The fourth-order valence-corrected chi connectivity index (χ4v) is 16.9. The van der Waals surface area contributed by atoms with Crippen LogP contribution in [0.2, 0.25) is 5.15 Å². The number of amides is 3. The summed E-state index contributed by atoms with van der Waals surface area (Å²) in [6, 6.07) is 50.3. The lowest BCUT2D eigenvalue weighted by Crippen LogP contribution is -2.40. The Morgan fingerprint density at radius 1 is 0.458 bits per heavy atom. The van der Waals surface area contributed by atoms with Crippen molar-refractivity contribution in [2.24, 2.45) is 0 Å². The zero-order valence-corrected chi connectivity index (χ0v) is 69.3. The third kappa shape index (κ3) is 19.2. The van der Waals surface area contributed by atoms with Crippen molar-refractivity contribution in [2.75, 3.05) is 118 Å². The second kappa shape index (κ2) is 37.7. The van der Waals surface area contributed by atoms with E-state index in [1.54, 1.807) is 49.6 Å². The number of hydrogen-bond acceptors (Lipinski definition) is 19. The number of anilines is 3. The SMILES string of the molecule is CN(C/C=C/C(=O)N1CC[C@@H](n2c(Cl)c(-c3ccc(Oc4cccc(F)c4)cc3)c3c(N)ncnc32)C1)C1CC1.COCCN(C)C/C=C/C(=O)N1CC[C@@H](n2c(C)c(-c3ccc(Oc4ccccc4)cc3)c3c(N)ncnc32)C1.Cc1c(-c2ccc(Oc3ccccc3)cc2)c2c(N)ncnc2n1[C@@H]1CCCN(C(=O)/C=C/CN(C)C2CC2)C1. The molecule has 12 aromatic rings. The molecule has 6 aromatic carbocycles. The quantitative estimate of drug-likeness (QED) is 0.0425. The fraction of sp³-hybridized carbons (Fsp3) is 0.323. The summed E-state index contributed by atoms with van der Waals surface area (Å²) in [6.07, 6.45) is 23.9. The Balaban J connectivity index is 0.000000140. The third-order valence-electron chi connectivity index (χ3n) is 23.0. The van der Waals surface area contributed by atoms with Crippen LogP contribution in [-0.4, -0.2) is 203 Å². The summed E-state index contributed by atoms with van der Waals surface area (Å²) in [5.41, 5.74) is 29.2. The van der Waals surface area contributed by atoms with Crippen LogP contribution in [0.15, 0.2) is 213 Å². The normalized spacial score (nSPS) is 16.9. The molecular weight excluding hydrogens is 1540 g/mol. The molecule has 0 spiro atoms. The van der Waals surface area contributed by atoms with Crippen LogP contribution in [0.25, 0.3) is 66.5 Å². The number of likely N-dealkylation sites (N-methyl/N-ethyl adjacent to an activating group) is 3.